The van der Waals surface area contributed by atoms with Crippen LogP contribution in [0.2, 0.25) is 0 Å². The summed E-state index contributed by atoms with van der Waals surface area (Å²) in [5, 5.41) is 7.60. The first-order valence-electron chi connectivity index (χ1n) is 7.38. The number of allylic oxidation sites excluding steroid dienone is 1. The van der Waals surface area contributed by atoms with Crippen molar-refractivity contribution in [1.82, 2.24) is 10.5 Å². The van der Waals surface area contributed by atoms with E-state index in [4.69, 9.17) is 4.52 Å². The lowest BCUT2D eigenvalue weighted by Crippen LogP contribution is -2.31. The molecule has 19 heavy (non-hydrogen) atoms. The number of aromatic nitrogens is 1. The van der Waals surface area contributed by atoms with Crippen LogP contribution in [0.25, 0.3) is 0 Å². The average Bonchev–Trinajstić information content (AvgIpc) is 2.68. The minimum Gasteiger partial charge on any atom is -0.361 e. The highest BCUT2D eigenvalue weighted by molar-refractivity contribution is 5.21. The van der Waals surface area contributed by atoms with E-state index in [-0.39, 0.29) is 0 Å². The monoisotopic (exact) mass is 262 g/mol. The van der Waals surface area contributed by atoms with Gasteiger partial charge in [0.05, 0.1) is 5.69 Å². The van der Waals surface area contributed by atoms with Crippen LogP contribution in [0.4, 0.5) is 0 Å². The van der Waals surface area contributed by atoms with E-state index in [0.717, 1.165) is 36.9 Å². The lowest BCUT2D eigenvalue weighted by Gasteiger charge is -2.29. The van der Waals surface area contributed by atoms with Crippen LogP contribution in [0, 0.1) is 25.7 Å². The molecule has 3 heteroatoms. The molecule has 0 saturated heterocycles. The summed E-state index contributed by atoms with van der Waals surface area (Å²) >= 11 is 0. The standard InChI is InChI=1S/C16H26N2O/c1-11-6-5-7-12(2)16(11)10-17-9-8-15-13(3)18-19-14(15)4/h6,12,16-17H,5,7-10H2,1-4H3. The zero-order valence-electron chi connectivity index (χ0n) is 12.6. The van der Waals surface area contributed by atoms with E-state index in [1.54, 1.807) is 5.57 Å². The summed E-state index contributed by atoms with van der Waals surface area (Å²) in [6.45, 7) is 10.7. The third-order valence-electron chi connectivity index (χ3n) is 4.46. The number of aryl methyl sites for hydroxylation is 2. The Balaban J connectivity index is 1.78. The molecular weight excluding hydrogens is 236 g/mol. The highest BCUT2D eigenvalue weighted by Gasteiger charge is 2.21. The number of hydrogen-bond donors (Lipinski definition) is 1. The molecule has 0 amide bonds. The Morgan fingerprint density at radius 1 is 1.37 bits per heavy atom. The van der Waals surface area contributed by atoms with Crippen molar-refractivity contribution < 1.29 is 4.52 Å². The first kappa shape index (κ1) is 14.3. The van der Waals surface area contributed by atoms with Crippen molar-refractivity contribution in [3.63, 3.8) is 0 Å². The van der Waals surface area contributed by atoms with E-state index >= 15 is 0 Å². The zero-order valence-corrected chi connectivity index (χ0v) is 12.6. The van der Waals surface area contributed by atoms with E-state index < -0.39 is 0 Å². The minimum atomic E-state index is 0.707. The largest absolute Gasteiger partial charge is 0.361 e. The lowest BCUT2D eigenvalue weighted by molar-refractivity contribution is 0.351. The Bertz CT molecular complexity index is 428. The van der Waals surface area contributed by atoms with Gasteiger partial charge in [0.15, 0.2) is 0 Å². The molecule has 0 saturated carbocycles. The van der Waals surface area contributed by atoms with Crippen LogP contribution < -0.4 is 5.32 Å². The molecule has 0 spiro atoms. The smallest absolute Gasteiger partial charge is 0.137 e. The fourth-order valence-corrected chi connectivity index (χ4v) is 3.07. The van der Waals surface area contributed by atoms with Crippen molar-refractivity contribution in [2.75, 3.05) is 13.1 Å². The second-order valence-electron chi connectivity index (χ2n) is 5.87. The van der Waals surface area contributed by atoms with Crippen LogP contribution in [0.5, 0.6) is 0 Å². The molecule has 0 fully saturated rings. The molecule has 2 unspecified atom stereocenters. The highest BCUT2D eigenvalue weighted by atomic mass is 16.5. The third kappa shape index (κ3) is 3.47. The Labute approximate surface area is 116 Å². The van der Waals surface area contributed by atoms with Gasteiger partial charge in [0.2, 0.25) is 0 Å². The first-order chi connectivity index (χ1) is 9.09. The number of nitrogens with zero attached hydrogens (tertiary/aromatic N) is 1. The van der Waals surface area contributed by atoms with Crippen molar-refractivity contribution in [3.05, 3.63) is 28.7 Å². The van der Waals surface area contributed by atoms with E-state index in [1.165, 1.54) is 18.4 Å². The van der Waals surface area contributed by atoms with Crippen molar-refractivity contribution >= 4 is 0 Å². The van der Waals surface area contributed by atoms with Gasteiger partial charge in [0.25, 0.3) is 0 Å². The van der Waals surface area contributed by atoms with Crippen LogP contribution in [0.15, 0.2) is 16.2 Å². The molecule has 0 aromatic carbocycles. The van der Waals surface area contributed by atoms with Crippen molar-refractivity contribution in [2.24, 2.45) is 11.8 Å². The number of hydrogen-bond acceptors (Lipinski definition) is 3. The van der Waals surface area contributed by atoms with Gasteiger partial charge in [-0.15, -0.1) is 0 Å². The Morgan fingerprint density at radius 3 is 2.79 bits per heavy atom. The molecule has 1 N–H and O–H groups in total. The lowest BCUT2D eigenvalue weighted by atomic mass is 9.80. The minimum absolute atomic E-state index is 0.707. The number of rotatable bonds is 5. The van der Waals surface area contributed by atoms with Gasteiger partial charge in [-0.25, -0.2) is 0 Å². The van der Waals surface area contributed by atoms with E-state index in [2.05, 4.69) is 30.4 Å². The summed E-state index contributed by atoms with van der Waals surface area (Å²) in [4.78, 5) is 0. The predicted molar refractivity (Wildman–Crippen MR) is 78.2 cm³/mol. The van der Waals surface area contributed by atoms with Crippen molar-refractivity contribution in [2.45, 2.75) is 47.0 Å². The maximum atomic E-state index is 5.19. The second kappa shape index (κ2) is 6.38. The number of nitrogens with one attached hydrogen (secondary N) is 1. The molecule has 0 radical (unpaired) electrons. The normalized spacial score (nSPS) is 23.5. The molecule has 1 aromatic rings. The Hall–Kier alpha value is -1.09. The maximum absolute atomic E-state index is 5.19. The molecule has 3 nitrogen and oxygen atoms in total. The van der Waals surface area contributed by atoms with Crippen LogP contribution >= 0.6 is 0 Å². The molecule has 0 aliphatic heterocycles. The van der Waals surface area contributed by atoms with Gasteiger partial charge in [0.1, 0.15) is 5.76 Å². The molecule has 0 bridgehead atoms. The van der Waals surface area contributed by atoms with Crippen LogP contribution in [0.1, 0.15) is 43.7 Å². The SMILES string of the molecule is CC1=CCCC(C)C1CNCCc1c(C)noc1C. The van der Waals surface area contributed by atoms with Gasteiger partial charge >= 0.3 is 0 Å². The molecule has 1 aromatic heterocycles. The van der Waals surface area contributed by atoms with Gasteiger partial charge in [-0.05, 0) is 58.4 Å². The van der Waals surface area contributed by atoms with Crippen molar-refractivity contribution in [3.8, 4) is 0 Å². The molecule has 2 atom stereocenters. The fourth-order valence-electron chi connectivity index (χ4n) is 3.07. The Morgan fingerprint density at radius 2 is 2.16 bits per heavy atom. The van der Waals surface area contributed by atoms with Gasteiger partial charge in [0, 0.05) is 12.1 Å². The first-order valence-corrected chi connectivity index (χ1v) is 7.38. The quantitative estimate of drug-likeness (QED) is 0.652. The summed E-state index contributed by atoms with van der Waals surface area (Å²) in [6, 6.07) is 0. The zero-order chi connectivity index (χ0) is 13.8. The van der Waals surface area contributed by atoms with Crippen LogP contribution in [-0.2, 0) is 6.42 Å². The highest BCUT2D eigenvalue weighted by Crippen LogP contribution is 2.29. The van der Waals surface area contributed by atoms with Gasteiger partial charge in [-0.2, -0.15) is 0 Å². The van der Waals surface area contributed by atoms with Crippen LogP contribution in [0.3, 0.4) is 0 Å². The molecule has 1 aliphatic carbocycles. The molecule has 1 heterocycles. The molecular formula is C16H26N2O. The van der Waals surface area contributed by atoms with Gasteiger partial charge in [-0.1, -0.05) is 23.7 Å². The maximum Gasteiger partial charge on any atom is 0.137 e. The topological polar surface area (TPSA) is 38.1 Å². The molecule has 1 aliphatic rings. The summed E-state index contributed by atoms with van der Waals surface area (Å²) in [5.74, 6) is 2.47. The van der Waals surface area contributed by atoms with E-state index in [1.807, 2.05) is 13.8 Å². The van der Waals surface area contributed by atoms with Crippen molar-refractivity contribution in [1.29, 1.82) is 0 Å². The molecule has 2 rings (SSSR count). The summed E-state index contributed by atoms with van der Waals surface area (Å²) in [7, 11) is 0. The fraction of sp³-hybridized carbons (Fsp3) is 0.688. The summed E-state index contributed by atoms with van der Waals surface area (Å²) in [5.41, 5.74) is 3.85. The Kier molecular flexibility index (Phi) is 4.81. The summed E-state index contributed by atoms with van der Waals surface area (Å²) in [6.07, 6.45) is 5.99. The molecule has 106 valence electrons. The van der Waals surface area contributed by atoms with Crippen LogP contribution in [-0.4, -0.2) is 18.2 Å². The van der Waals surface area contributed by atoms with Gasteiger partial charge in [-0.3, -0.25) is 0 Å². The average molecular weight is 262 g/mol. The third-order valence-corrected chi connectivity index (χ3v) is 4.46. The van der Waals surface area contributed by atoms with E-state index in [9.17, 15) is 0 Å². The summed E-state index contributed by atoms with van der Waals surface area (Å²) < 4.78 is 5.19. The van der Waals surface area contributed by atoms with Gasteiger partial charge < -0.3 is 9.84 Å². The second-order valence-corrected chi connectivity index (χ2v) is 5.87. The predicted octanol–water partition coefficient (Wildman–Crippen LogP) is 3.42. The van der Waals surface area contributed by atoms with E-state index in [0.29, 0.717) is 5.92 Å².